The number of hydrogen-bond donors (Lipinski definition) is 1. The van der Waals surface area contributed by atoms with Crippen LogP contribution in [0.1, 0.15) is 73.1 Å². The summed E-state index contributed by atoms with van der Waals surface area (Å²) in [7, 11) is 1.31. The lowest BCUT2D eigenvalue weighted by Gasteiger charge is -2.24. The molecule has 1 heterocycles. The molecule has 3 rings (SSSR count). The fourth-order valence-electron chi connectivity index (χ4n) is 4.36. The normalized spacial score (nSPS) is 11.3. The molecule has 0 saturated heterocycles. The Hall–Kier alpha value is -3.58. The Morgan fingerprint density at radius 3 is 2.30 bits per heavy atom. The second-order valence-corrected chi connectivity index (χ2v) is 11.7. The molecule has 0 unspecified atom stereocenters. The van der Waals surface area contributed by atoms with E-state index in [2.05, 4.69) is 43.4 Å². The van der Waals surface area contributed by atoms with E-state index in [0.717, 1.165) is 45.6 Å². The van der Waals surface area contributed by atoms with Crippen molar-refractivity contribution >= 4 is 23.7 Å². The van der Waals surface area contributed by atoms with E-state index in [0.29, 0.717) is 16.7 Å². The highest BCUT2D eigenvalue weighted by Crippen LogP contribution is 2.34. The predicted molar refractivity (Wildman–Crippen MR) is 158 cm³/mol. The Bertz CT molecular complexity index is 1360. The fraction of sp³-hybridized carbons (Fsp3) is 0.406. The van der Waals surface area contributed by atoms with Crippen LogP contribution in [-0.2, 0) is 29.0 Å². The van der Waals surface area contributed by atoms with Crippen LogP contribution in [0.2, 0.25) is 5.02 Å². The van der Waals surface area contributed by atoms with Crippen LogP contribution in [0.15, 0.2) is 42.5 Å². The quantitative estimate of drug-likeness (QED) is 0.268. The summed E-state index contributed by atoms with van der Waals surface area (Å²) in [5.74, 6) is 0.155. The summed E-state index contributed by atoms with van der Waals surface area (Å²) in [5.41, 5.74) is 6.13. The molecule has 1 aromatic heterocycles. The summed E-state index contributed by atoms with van der Waals surface area (Å²) < 4.78 is 16.7. The smallest absolute Gasteiger partial charge is 0.407 e. The van der Waals surface area contributed by atoms with Crippen LogP contribution in [0.3, 0.4) is 0 Å². The number of methoxy groups -OCH3 is 1. The first-order valence-corrected chi connectivity index (χ1v) is 13.7. The van der Waals surface area contributed by atoms with Crippen molar-refractivity contribution in [3.63, 3.8) is 0 Å². The van der Waals surface area contributed by atoms with Gasteiger partial charge in [0, 0.05) is 34.1 Å². The minimum atomic E-state index is -0.620. The lowest BCUT2D eigenvalue weighted by Crippen LogP contribution is -2.32. The number of aryl methyl sites for hydroxylation is 2. The Balaban J connectivity index is 2.14. The molecule has 0 aliphatic rings. The number of amides is 1. The lowest BCUT2D eigenvalue weighted by molar-refractivity contribution is 0.0522. The number of carbonyl (C=O) groups is 2. The van der Waals surface area contributed by atoms with E-state index < -0.39 is 17.7 Å². The Morgan fingerprint density at radius 2 is 1.70 bits per heavy atom. The molecule has 0 atom stereocenters. The van der Waals surface area contributed by atoms with Gasteiger partial charge in [0.15, 0.2) is 0 Å². The van der Waals surface area contributed by atoms with Crippen molar-refractivity contribution in [2.45, 2.75) is 73.6 Å². The van der Waals surface area contributed by atoms with Gasteiger partial charge in [0.1, 0.15) is 23.5 Å². The number of ether oxygens (including phenoxy) is 3. The van der Waals surface area contributed by atoms with Gasteiger partial charge in [-0.2, -0.15) is 0 Å². The van der Waals surface area contributed by atoms with Crippen molar-refractivity contribution in [3.8, 4) is 16.9 Å². The van der Waals surface area contributed by atoms with Crippen LogP contribution >= 0.6 is 11.6 Å². The van der Waals surface area contributed by atoms with E-state index in [-0.39, 0.29) is 18.7 Å². The third-order valence-corrected chi connectivity index (χ3v) is 6.40. The van der Waals surface area contributed by atoms with E-state index in [1.54, 1.807) is 12.1 Å². The molecule has 0 saturated carbocycles. The molecular formula is C32H39ClN2O5. The number of rotatable bonds is 9. The number of hydrogen-bond acceptors (Lipinski definition) is 6. The summed E-state index contributed by atoms with van der Waals surface area (Å²) in [4.78, 5) is 30.0. The number of carbonyl (C=O) groups excluding carboxylic acids is 2. The van der Waals surface area contributed by atoms with Crippen molar-refractivity contribution in [1.29, 1.82) is 0 Å². The topological polar surface area (TPSA) is 86.8 Å². The Morgan fingerprint density at radius 1 is 1.02 bits per heavy atom. The minimum Gasteiger partial charge on any atom is -0.488 e. The molecule has 3 aromatic rings. The summed E-state index contributed by atoms with van der Waals surface area (Å²) in [6, 6.07) is 13.1. The van der Waals surface area contributed by atoms with Crippen molar-refractivity contribution in [2.75, 3.05) is 7.11 Å². The van der Waals surface area contributed by atoms with E-state index in [4.69, 9.17) is 30.8 Å². The zero-order chi connectivity index (χ0) is 29.6. The first kappa shape index (κ1) is 31.0. The van der Waals surface area contributed by atoms with Crippen LogP contribution < -0.4 is 10.1 Å². The van der Waals surface area contributed by atoms with E-state index in [1.807, 2.05) is 34.6 Å². The molecule has 7 nitrogen and oxygen atoms in total. The molecule has 214 valence electrons. The summed E-state index contributed by atoms with van der Waals surface area (Å²) >= 11 is 6.14. The molecule has 0 fully saturated rings. The largest absolute Gasteiger partial charge is 0.488 e. The van der Waals surface area contributed by atoms with Crippen molar-refractivity contribution in [2.24, 2.45) is 5.92 Å². The third-order valence-electron chi connectivity index (χ3n) is 6.16. The molecule has 0 spiro atoms. The van der Waals surface area contributed by atoms with E-state index >= 15 is 0 Å². The molecule has 1 amide bonds. The molecule has 0 aliphatic heterocycles. The van der Waals surface area contributed by atoms with Gasteiger partial charge in [-0.15, -0.1) is 0 Å². The number of esters is 1. The number of halogens is 1. The number of pyridine rings is 1. The monoisotopic (exact) mass is 566 g/mol. The summed E-state index contributed by atoms with van der Waals surface area (Å²) in [6.45, 7) is 14.1. The molecule has 1 N–H and O–H groups in total. The lowest BCUT2D eigenvalue weighted by atomic mass is 9.90. The third kappa shape index (κ3) is 8.21. The fourth-order valence-corrected chi connectivity index (χ4v) is 4.53. The predicted octanol–water partition coefficient (Wildman–Crippen LogP) is 7.61. The highest BCUT2D eigenvalue weighted by Gasteiger charge is 2.23. The highest BCUT2D eigenvalue weighted by molar-refractivity contribution is 6.31. The van der Waals surface area contributed by atoms with Gasteiger partial charge in [0.25, 0.3) is 0 Å². The van der Waals surface area contributed by atoms with Crippen LogP contribution in [0.5, 0.6) is 5.75 Å². The highest BCUT2D eigenvalue weighted by atomic mass is 35.5. The first-order chi connectivity index (χ1) is 18.8. The second-order valence-electron chi connectivity index (χ2n) is 11.2. The van der Waals surface area contributed by atoms with Crippen molar-refractivity contribution in [3.05, 3.63) is 81.1 Å². The average Bonchev–Trinajstić information content (AvgIpc) is 2.86. The number of nitrogens with one attached hydrogen (secondary N) is 1. The van der Waals surface area contributed by atoms with Crippen LogP contribution in [-0.4, -0.2) is 29.8 Å². The SMILES string of the molecule is COC(=O)c1cc(Cl)ccc1OCc1c(C)nc(CC(C)C)c(CNC(=O)OC(C)(C)C)c1-c1ccc(C)cc1. The molecular weight excluding hydrogens is 528 g/mol. The van der Waals surface area contributed by atoms with Crippen molar-refractivity contribution < 1.29 is 23.8 Å². The van der Waals surface area contributed by atoms with Gasteiger partial charge in [0.2, 0.25) is 0 Å². The molecule has 0 aliphatic carbocycles. The van der Waals surface area contributed by atoms with Gasteiger partial charge in [0.05, 0.1) is 7.11 Å². The second kappa shape index (κ2) is 13.2. The van der Waals surface area contributed by atoms with Gasteiger partial charge in [-0.1, -0.05) is 55.3 Å². The van der Waals surface area contributed by atoms with Crippen LogP contribution in [0, 0.1) is 19.8 Å². The zero-order valence-electron chi connectivity index (χ0n) is 24.6. The van der Waals surface area contributed by atoms with E-state index in [1.165, 1.54) is 13.2 Å². The van der Waals surface area contributed by atoms with Gasteiger partial charge >= 0.3 is 12.1 Å². The number of alkyl carbamates (subject to hydrolysis) is 1. The molecule has 40 heavy (non-hydrogen) atoms. The van der Waals surface area contributed by atoms with Crippen LogP contribution in [0.25, 0.3) is 11.1 Å². The molecule has 8 heteroatoms. The number of aromatic nitrogens is 1. The van der Waals surface area contributed by atoms with Gasteiger partial charge in [-0.3, -0.25) is 4.98 Å². The summed E-state index contributed by atoms with van der Waals surface area (Å²) in [6.07, 6.45) is 0.232. The Kier molecular flexibility index (Phi) is 10.2. The number of nitrogens with zero attached hydrogens (tertiary/aromatic N) is 1. The van der Waals surface area contributed by atoms with E-state index in [9.17, 15) is 9.59 Å². The maximum atomic E-state index is 12.6. The van der Waals surface area contributed by atoms with Gasteiger partial charge in [-0.05, 0) is 76.3 Å². The maximum Gasteiger partial charge on any atom is 0.407 e. The number of benzene rings is 2. The summed E-state index contributed by atoms with van der Waals surface area (Å²) in [5, 5.41) is 3.33. The van der Waals surface area contributed by atoms with Gasteiger partial charge in [-0.25, -0.2) is 9.59 Å². The first-order valence-electron chi connectivity index (χ1n) is 13.3. The average molecular weight is 567 g/mol. The standard InChI is InChI=1S/C32H39ClN2O5/c1-19(2)15-27-25(17-34-31(37)40-32(5,6)7)29(22-11-9-20(3)10-12-22)26(21(4)35-27)18-39-28-14-13-23(33)16-24(28)30(36)38-8/h9-14,16,19H,15,17-18H2,1-8H3,(H,34,37). The molecule has 2 aromatic carbocycles. The zero-order valence-corrected chi connectivity index (χ0v) is 25.4. The Labute approximate surface area is 242 Å². The van der Waals surface area contributed by atoms with Crippen LogP contribution in [0.4, 0.5) is 4.79 Å². The molecule has 0 radical (unpaired) electrons. The minimum absolute atomic E-state index is 0.134. The molecule has 0 bridgehead atoms. The maximum absolute atomic E-state index is 12.6. The van der Waals surface area contributed by atoms with Crippen molar-refractivity contribution in [1.82, 2.24) is 10.3 Å². The van der Waals surface area contributed by atoms with Gasteiger partial charge < -0.3 is 19.5 Å².